The van der Waals surface area contributed by atoms with Crippen LogP contribution in [-0.2, 0) is 48.0 Å². The Morgan fingerprint density at radius 3 is 1.19 bits per heavy atom. The van der Waals surface area contributed by atoms with Crippen LogP contribution in [-0.4, -0.2) is 161 Å². The minimum atomic E-state index is -2.26. The Bertz CT molecular complexity index is 5810. The van der Waals surface area contributed by atoms with Gasteiger partial charge in [-0.3, -0.25) is 53.9 Å². The summed E-state index contributed by atoms with van der Waals surface area (Å²) in [5, 5.41) is 53.3. The number of Topliss-reactive ketones (excluding diaryl/α,β-unsaturated/α-hetero) is 1. The first-order chi connectivity index (χ1) is 62.7. The van der Waals surface area contributed by atoms with Gasteiger partial charge in [-0.15, -0.1) is 31.0 Å². The van der Waals surface area contributed by atoms with Crippen molar-refractivity contribution in [3.8, 4) is 24.7 Å². The lowest BCUT2D eigenvalue weighted by atomic mass is 9.44. The number of nitrogens with zero attached hydrogens (tertiary/aromatic N) is 4. The number of pyridine rings is 1. The van der Waals surface area contributed by atoms with Gasteiger partial charge in [-0.2, -0.15) is 0 Å². The van der Waals surface area contributed by atoms with Crippen LogP contribution in [0.25, 0.3) is 10.9 Å². The Kier molecular flexibility index (Phi) is 26.0. The van der Waals surface area contributed by atoms with E-state index in [4.69, 9.17) is 78.5 Å². The number of ether oxygens (including phenoxy) is 1. The summed E-state index contributed by atoms with van der Waals surface area (Å²) in [5.41, 5.74) is -17.6. The summed E-state index contributed by atoms with van der Waals surface area (Å²) < 4.78 is 106. The summed E-state index contributed by atoms with van der Waals surface area (Å²) in [6.45, 7) is 25.6. The number of carbonyl (C=O) groups excluding carboxylic acids is 5. The smallest absolute Gasteiger partial charge is 0.343 e. The zero-order valence-corrected chi connectivity index (χ0v) is 79.9. The fourth-order valence-corrected chi connectivity index (χ4v) is 27.6. The number of aromatic nitrogens is 1. The molecule has 27 atom stereocenters. The van der Waals surface area contributed by atoms with Crippen LogP contribution in [0, 0.1) is 116 Å². The van der Waals surface area contributed by atoms with Crippen molar-refractivity contribution < 1.29 is 94.8 Å². The van der Waals surface area contributed by atoms with Gasteiger partial charge in [-0.05, 0) is 268 Å². The molecule has 4 N–H and O–H groups in total. The topological polar surface area (TPSA) is 243 Å². The summed E-state index contributed by atoms with van der Waals surface area (Å²) in [6.07, 6.45) is 16.7. The molecular formula is C107H118Cl4F6N4O14. The molecule has 0 bridgehead atoms. The monoisotopic (exact) mass is 1940 g/mol. The molecule has 12 aliphatic carbocycles. The second-order valence-electron chi connectivity index (χ2n) is 42.4. The molecule has 18 nitrogen and oxygen atoms in total. The van der Waals surface area contributed by atoms with Crippen molar-refractivity contribution in [1.82, 2.24) is 4.98 Å². The van der Waals surface area contributed by atoms with E-state index in [1.807, 2.05) is 70.3 Å². The van der Waals surface area contributed by atoms with Gasteiger partial charge in [0.25, 0.3) is 0 Å². The van der Waals surface area contributed by atoms with E-state index in [1.165, 1.54) is 66.0 Å². The molecule has 1 aromatic heterocycles. The number of aliphatic hydroxyl groups excluding tert-OH is 3. The number of anilines is 3. The third-order valence-corrected chi connectivity index (χ3v) is 34.8. The minimum absolute atomic E-state index is 0. The average Bonchev–Trinajstić information content (AvgIpc) is 1.52. The van der Waals surface area contributed by atoms with E-state index in [1.54, 1.807) is 125 Å². The van der Waals surface area contributed by atoms with Crippen molar-refractivity contribution in [3.63, 3.8) is 0 Å². The summed E-state index contributed by atoms with van der Waals surface area (Å²) >= 11 is 23.7. The number of hydrogen-bond donors (Lipinski definition) is 4. The quantitative estimate of drug-likeness (QED) is 0.0334. The number of aliphatic hydroxyl groups is 3. The van der Waals surface area contributed by atoms with Gasteiger partial charge in [-0.25, -0.2) is 35.9 Å². The highest BCUT2D eigenvalue weighted by atomic mass is 35.5. The Labute approximate surface area is 805 Å². The van der Waals surface area contributed by atoms with Gasteiger partial charge in [0.1, 0.15) is 18.5 Å². The summed E-state index contributed by atoms with van der Waals surface area (Å²) in [4.78, 5) is 101. The Morgan fingerprint density at radius 2 is 0.844 bits per heavy atom. The molecule has 3 saturated heterocycles. The second-order valence-corrected chi connectivity index (χ2v) is 44.7. The van der Waals surface area contributed by atoms with Crippen molar-refractivity contribution >= 4 is 109 Å². The second kappa shape index (κ2) is 34.9. The van der Waals surface area contributed by atoms with E-state index in [0.717, 1.165) is 17.3 Å². The molecule has 28 heteroatoms. The number of rotatable bonds is 10. The first-order valence-corrected chi connectivity index (χ1v) is 47.3. The van der Waals surface area contributed by atoms with Crippen molar-refractivity contribution in [3.05, 3.63) is 215 Å². The molecule has 9 saturated carbocycles. The number of carbonyl (C=O) groups is 6. The van der Waals surface area contributed by atoms with E-state index in [0.29, 0.717) is 52.2 Å². The van der Waals surface area contributed by atoms with Crippen molar-refractivity contribution in [2.75, 3.05) is 34.8 Å². The minimum Gasteiger partial charge on any atom is -0.479 e. The SMILES string of the molecule is C.C#CC(C)(C)Cl.C#CC(C)(C)OC(=O)[C@@]12ON(c3ccc(Cl)cc3)C[C@@H]1C[C@H]1[C@@H]3C[C@H](F)C4=CC(=O)C=C[C@]4(C)[C@@]3(F)[C@@H](O)C[C@@]12C.C=CC(C)(C)CC(=O)[C@@]12ON(c3ccc(Cl)cc3)C[C@@H]1C[C@H]1[C@@H]3C[C@H](F)C4=CC(=O)C=C[C@]4(C)[C@@]3(F)[C@@H](O)C[C@@]12C.C[C@]12C=CC(=O)C=C1[C@@H](F)C[C@H]1[C@@H]3C[C@H]4CN(c5ccc(Cl)cc5)O[C@@]4(C(=O)O)[C@@]3(C)C[C@H](O)[C@@]12F.c1ccc2ncccc2c1. The molecule has 20 rings (SSSR count). The van der Waals surface area contributed by atoms with Crippen LogP contribution in [0.3, 0.4) is 0 Å². The fourth-order valence-electron chi connectivity index (χ4n) is 27.2. The first-order valence-electron chi connectivity index (χ1n) is 45.8. The first kappa shape index (κ1) is 101. The zero-order valence-electron chi connectivity index (χ0n) is 76.9. The molecule has 5 aromatic rings. The number of hydroxylamine groups is 3. The molecule has 3 aliphatic heterocycles. The number of allylic oxidation sites excluding steroid dienone is 13. The highest BCUT2D eigenvalue weighted by Gasteiger charge is 2.85. The number of alkyl halides is 7. The molecule has 4 heterocycles. The number of carboxylic acid groups (broad SMARTS) is 1. The van der Waals surface area contributed by atoms with E-state index in [-0.39, 0.29) is 99.7 Å². The summed E-state index contributed by atoms with van der Waals surface area (Å²) in [7, 11) is 0. The van der Waals surface area contributed by atoms with Crippen LogP contribution in [0.2, 0.25) is 15.1 Å². The maximum absolute atomic E-state index is 17.7. The molecule has 0 radical (unpaired) electrons. The van der Waals surface area contributed by atoms with Gasteiger partial charge in [0.05, 0.1) is 65.4 Å². The van der Waals surface area contributed by atoms with E-state index >= 15 is 26.3 Å². The average molecular weight is 1940 g/mol. The Hall–Kier alpha value is -8.89. The number of halogens is 10. The predicted molar refractivity (Wildman–Crippen MR) is 508 cm³/mol. The van der Waals surface area contributed by atoms with Gasteiger partial charge in [0, 0.05) is 101 Å². The van der Waals surface area contributed by atoms with Crippen LogP contribution in [0.15, 0.2) is 199 Å². The largest absolute Gasteiger partial charge is 0.479 e. The molecule has 135 heavy (non-hydrogen) atoms. The molecule has 0 amide bonds. The van der Waals surface area contributed by atoms with Crippen molar-refractivity contribution in [1.29, 1.82) is 0 Å². The summed E-state index contributed by atoms with van der Waals surface area (Å²) in [6, 6.07) is 33.1. The van der Waals surface area contributed by atoms with Gasteiger partial charge < -0.3 is 25.2 Å². The van der Waals surface area contributed by atoms with Crippen LogP contribution in [0.1, 0.15) is 155 Å². The number of esters is 1. The molecule has 0 spiro atoms. The number of fused-ring (bicyclic) bond motifs is 22. The highest BCUT2D eigenvalue weighted by molar-refractivity contribution is 6.31. The van der Waals surface area contributed by atoms with Crippen molar-refractivity contribution in [2.24, 2.45) is 91.2 Å². The zero-order chi connectivity index (χ0) is 97.4. The predicted octanol–water partition coefficient (Wildman–Crippen LogP) is 20.8. The Morgan fingerprint density at radius 1 is 0.519 bits per heavy atom. The van der Waals surface area contributed by atoms with E-state index in [2.05, 4.69) is 35.5 Å². The van der Waals surface area contributed by atoms with Crippen LogP contribution in [0.4, 0.5) is 43.4 Å². The number of ketones is 4. The standard InChI is InChI=1S/C33H38ClF2NO4.C32H34ClF2NO5.C27H28ClF2NO5.C9H7N.C5H7Cl.CH4/c1-6-29(2,3)16-28(40)33-19(18-37(41-33)21-9-7-20(34)8-10-21)13-23-24-15-26(35)25-14-22(38)11-12-30(25,4)32(24,36)27(39)17-31(23,33)5;1-6-28(2,3)40-27(39)32-18(17-36(41-32)20-9-7-19(33)8-10-20)13-22-23-15-25(34)24-14-21(37)11-12-29(24,4)31(23,35)26(38)16-30(22,32)5;1-24-8-7-17(32)10-20(24)21(29)11-19-18-9-14-13-31(16-5-3-15(28)4-6-16)36-27(14,23(34)35)25(18,2)12-22(33)26(19,24)30;1-2-6-9-8(4-1)5-3-7-10-9;1-4-5(2,3)6;/h6-12,14,19,23-24,26-27,39H,1,13,15-18H2,2-5H3;1,7-12,14,18,22-23,25-26,38H,13,15-17H2,2-5H3;3-8,10,14,18-19,21-22,33H,9,11-13H2,1-2H3,(H,34,35);1-7H;1H,2-3H3;1H4/t19-,23-,24-,26-,27-,30-,31-,32-,33-;18-,22-,23-,25-,26-,29-,30-,31-,32-;14-,18-,19-,21-,22-,24-,25-,26-,27-;;;/m000.../s1. The Balaban J connectivity index is 0.000000142. The molecular weight excluding hydrogens is 1820 g/mol. The van der Waals surface area contributed by atoms with Crippen LogP contribution in [0.5, 0.6) is 0 Å². The lowest BCUT2D eigenvalue weighted by Crippen LogP contribution is -2.70. The van der Waals surface area contributed by atoms with E-state index < -0.39 is 190 Å². The number of aliphatic carboxylic acids is 1. The maximum Gasteiger partial charge on any atom is 0.343 e. The van der Waals surface area contributed by atoms with Crippen LogP contribution >= 0.6 is 46.4 Å². The van der Waals surface area contributed by atoms with Gasteiger partial charge >= 0.3 is 11.9 Å². The molecule has 720 valence electrons. The van der Waals surface area contributed by atoms with Crippen molar-refractivity contribution in [2.45, 2.75) is 236 Å². The lowest BCUT2D eigenvalue weighted by molar-refractivity contribution is -0.238. The number of para-hydroxylation sites is 1. The fraction of sp³-hybridized carbons (Fsp3) is 0.523. The normalized spacial score (nSPS) is 39.9. The lowest BCUT2D eigenvalue weighted by Gasteiger charge is -2.63. The van der Waals surface area contributed by atoms with Gasteiger partial charge in [0.2, 0.25) is 11.2 Å². The summed E-state index contributed by atoms with van der Waals surface area (Å²) in [5.74, 6) is -3.83. The van der Waals surface area contributed by atoms with E-state index in [9.17, 15) is 49.2 Å². The number of hydrogen-bond acceptors (Lipinski definition) is 17. The number of carboxylic acids is 1. The van der Waals surface area contributed by atoms with Crippen LogP contribution < -0.4 is 15.2 Å². The molecule has 4 aromatic carbocycles. The molecule has 15 aliphatic rings. The highest BCUT2D eigenvalue weighted by Crippen LogP contribution is 2.78. The molecule has 12 fully saturated rings. The third-order valence-electron chi connectivity index (χ3n) is 34.0. The third kappa shape index (κ3) is 15.3. The maximum atomic E-state index is 17.7. The van der Waals surface area contributed by atoms with Gasteiger partial charge in [-0.1, -0.05) is 137 Å². The molecule has 0 unspecified atom stereocenters. The number of benzene rings is 4. The van der Waals surface area contributed by atoms with Gasteiger partial charge in [0.15, 0.2) is 51.3 Å². The number of terminal acetylenes is 2.